The Labute approximate surface area is 125 Å². The predicted molar refractivity (Wildman–Crippen MR) is 81.2 cm³/mol. The molecule has 0 saturated carbocycles. The van der Waals surface area contributed by atoms with Crippen molar-refractivity contribution in [3.05, 3.63) is 60.7 Å². The van der Waals surface area contributed by atoms with Crippen molar-refractivity contribution in [1.82, 2.24) is 4.72 Å². The van der Waals surface area contributed by atoms with Crippen molar-refractivity contribution < 1.29 is 8.42 Å². The number of hydrogen-bond donors (Lipinski definition) is 1. The van der Waals surface area contributed by atoms with Crippen molar-refractivity contribution in [2.45, 2.75) is 4.90 Å². The summed E-state index contributed by atoms with van der Waals surface area (Å²) < 4.78 is 27.4. The summed E-state index contributed by atoms with van der Waals surface area (Å²) in [5, 5.41) is 0. The van der Waals surface area contributed by atoms with Crippen molar-refractivity contribution in [2.24, 2.45) is 0 Å². The molecule has 20 heavy (non-hydrogen) atoms. The Bertz CT molecular complexity index is 704. The van der Waals surface area contributed by atoms with Crippen LogP contribution in [-0.2, 0) is 10.0 Å². The summed E-state index contributed by atoms with van der Waals surface area (Å²) >= 11 is 0.0550. The maximum atomic E-state index is 11.9. The van der Waals surface area contributed by atoms with Crippen LogP contribution in [0.2, 0.25) is 0 Å². The van der Waals surface area contributed by atoms with Gasteiger partial charge in [-0.05, 0) is 0 Å². The minimum atomic E-state index is -3.45. The van der Waals surface area contributed by atoms with Crippen LogP contribution in [0.5, 0.6) is 0 Å². The van der Waals surface area contributed by atoms with Gasteiger partial charge in [0.15, 0.2) is 0 Å². The van der Waals surface area contributed by atoms with Crippen molar-refractivity contribution >= 4 is 29.4 Å². The second-order valence-corrected chi connectivity index (χ2v) is 7.44. The van der Waals surface area contributed by atoms with E-state index < -0.39 is 10.0 Å². The molecule has 1 N–H and O–H groups in total. The zero-order chi connectivity index (χ0) is 14.3. The third-order valence-electron chi connectivity index (χ3n) is 2.39. The standard InChI is InChI=1S/C15H13NO2SSe/c17-19(18,14-8-3-1-4-9-14)16-12-7-13-20-15-10-5-2-6-11-15/h1-6,8-11,16H,12H2. The Balaban J connectivity index is 1.88. The average molecular weight is 350 g/mol. The van der Waals surface area contributed by atoms with E-state index in [4.69, 9.17) is 0 Å². The molecule has 3 nitrogen and oxygen atoms in total. The molecule has 5 heteroatoms. The molecule has 0 heterocycles. The Morgan fingerprint density at radius 1 is 0.950 bits per heavy atom. The van der Waals surface area contributed by atoms with Crippen LogP contribution in [0.25, 0.3) is 0 Å². The fraction of sp³-hybridized carbons (Fsp3) is 0.0667. The van der Waals surface area contributed by atoms with Crippen LogP contribution in [0, 0.1) is 10.7 Å². The van der Waals surface area contributed by atoms with Gasteiger partial charge in [0.1, 0.15) is 0 Å². The van der Waals surface area contributed by atoms with Gasteiger partial charge in [-0.3, -0.25) is 0 Å². The molecular weight excluding hydrogens is 337 g/mol. The third kappa shape index (κ3) is 4.52. The van der Waals surface area contributed by atoms with Gasteiger partial charge in [0.25, 0.3) is 0 Å². The molecule has 0 aliphatic carbocycles. The first-order valence-electron chi connectivity index (χ1n) is 5.93. The van der Waals surface area contributed by atoms with Gasteiger partial charge in [-0.2, -0.15) is 0 Å². The Morgan fingerprint density at radius 2 is 1.55 bits per heavy atom. The normalized spacial score (nSPS) is 10.6. The molecule has 0 fully saturated rings. The van der Waals surface area contributed by atoms with Gasteiger partial charge in [-0.25, -0.2) is 0 Å². The van der Waals surface area contributed by atoms with Gasteiger partial charge in [0, 0.05) is 0 Å². The van der Waals surface area contributed by atoms with Crippen LogP contribution in [0.1, 0.15) is 0 Å². The van der Waals surface area contributed by atoms with E-state index in [0.717, 1.165) is 0 Å². The number of sulfonamides is 1. The van der Waals surface area contributed by atoms with Crippen LogP contribution in [0.15, 0.2) is 65.6 Å². The molecular formula is C15H13NO2SSe. The van der Waals surface area contributed by atoms with Crippen molar-refractivity contribution in [2.75, 3.05) is 6.54 Å². The molecule has 102 valence electrons. The van der Waals surface area contributed by atoms with E-state index in [0.29, 0.717) is 0 Å². The van der Waals surface area contributed by atoms with Crippen molar-refractivity contribution in [3.8, 4) is 10.7 Å². The van der Waals surface area contributed by atoms with Crippen molar-refractivity contribution in [1.29, 1.82) is 0 Å². The van der Waals surface area contributed by atoms with E-state index in [-0.39, 0.29) is 26.4 Å². The molecule has 0 unspecified atom stereocenters. The first-order valence-corrected chi connectivity index (χ1v) is 9.12. The van der Waals surface area contributed by atoms with E-state index in [1.54, 1.807) is 30.3 Å². The number of rotatable bonds is 4. The van der Waals surface area contributed by atoms with Gasteiger partial charge in [0.2, 0.25) is 0 Å². The zero-order valence-electron chi connectivity index (χ0n) is 10.6. The molecule has 0 atom stereocenters. The molecule has 0 aliphatic heterocycles. The third-order valence-corrected chi connectivity index (χ3v) is 5.39. The van der Waals surface area contributed by atoms with Crippen LogP contribution in [0.3, 0.4) is 0 Å². The molecule has 0 amide bonds. The fourth-order valence-electron chi connectivity index (χ4n) is 1.43. The molecule has 0 saturated heterocycles. The SMILES string of the molecule is O=S(=O)(NCC#C[Se]c1ccccc1)c1ccccc1. The van der Waals surface area contributed by atoms with E-state index in [9.17, 15) is 8.42 Å². The Hall–Kier alpha value is -1.57. The van der Waals surface area contributed by atoms with Crippen LogP contribution in [-0.4, -0.2) is 29.9 Å². The summed E-state index contributed by atoms with van der Waals surface area (Å²) in [6, 6.07) is 18.2. The van der Waals surface area contributed by atoms with Crippen molar-refractivity contribution in [3.63, 3.8) is 0 Å². The first-order chi connectivity index (χ1) is 9.68. The monoisotopic (exact) mass is 351 g/mol. The van der Waals surface area contributed by atoms with E-state index in [2.05, 4.69) is 15.5 Å². The second-order valence-electron chi connectivity index (χ2n) is 3.83. The molecule has 0 radical (unpaired) electrons. The average Bonchev–Trinajstić information content (AvgIpc) is 2.49. The van der Waals surface area contributed by atoms with Crippen LogP contribution >= 0.6 is 0 Å². The van der Waals surface area contributed by atoms with Crippen LogP contribution in [0.4, 0.5) is 0 Å². The summed E-state index contributed by atoms with van der Waals surface area (Å²) in [5.41, 5.74) is 0. The number of nitrogens with one attached hydrogen (secondary N) is 1. The van der Waals surface area contributed by atoms with Gasteiger partial charge in [-0.15, -0.1) is 0 Å². The molecule has 2 aromatic carbocycles. The Morgan fingerprint density at radius 3 is 2.20 bits per heavy atom. The minimum absolute atomic E-state index is 0.0550. The molecule has 0 aromatic heterocycles. The molecule has 0 aliphatic rings. The summed E-state index contributed by atoms with van der Waals surface area (Å²) in [6.45, 7) is 0.131. The predicted octanol–water partition coefficient (Wildman–Crippen LogP) is 0.956. The second kappa shape index (κ2) is 7.28. The van der Waals surface area contributed by atoms with Crippen LogP contribution < -0.4 is 9.18 Å². The molecule has 0 bridgehead atoms. The maximum absolute atomic E-state index is 11.9. The molecule has 2 rings (SSSR count). The zero-order valence-corrected chi connectivity index (χ0v) is 13.1. The summed E-state index contributed by atoms with van der Waals surface area (Å²) in [6.07, 6.45) is 0. The van der Waals surface area contributed by atoms with E-state index in [1.165, 1.54) is 4.46 Å². The quantitative estimate of drug-likeness (QED) is 0.659. The van der Waals surface area contributed by atoms with Gasteiger partial charge < -0.3 is 0 Å². The summed E-state index contributed by atoms with van der Waals surface area (Å²) in [5.74, 6) is 2.85. The van der Waals surface area contributed by atoms with E-state index in [1.807, 2.05) is 30.3 Å². The molecule has 2 aromatic rings. The first kappa shape index (κ1) is 14.8. The summed E-state index contributed by atoms with van der Waals surface area (Å²) in [4.78, 5) is 3.27. The fourth-order valence-corrected chi connectivity index (χ4v) is 3.54. The molecule has 0 spiro atoms. The number of hydrogen-bond acceptors (Lipinski definition) is 2. The Kier molecular flexibility index (Phi) is 5.39. The van der Waals surface area contributed by atoms with E-state index >= 15 is 0 Å². The summed E-state index contributed by atoms with van der Waals surface area (Å²) in [7, 11) is -3.45. The van der Waals surface area contributed by atoms with Gasteiger partial charge in [0.05, 0.1) is 0 Å². The van der Waals surface area contributed by atoms with Gasteiger partial charge >= 0.3 is 125 Å². The number of benzene rings is 2. The van der Waals surface area contributed by atoms with Gasteiger partial charge in [-0.1, -0.05) is 0 Å². The topological polar surface area (TPSA) is 46.2 Å².